The van der Waals surface area contributed by atoms with Crippen molar-refractivity contribution in [3.8, 4) is 11.8 Å². The molecule has 0 fully saturated rings. The fraction of sp³-hybridized carbons (Fsp3) is 0.200. The van der Waals surface area contributed by atoms with Gasteiger partial charge >= 0.3 is 0 Å². The number of nitrogens with one attached hydrogen (secondary N) is 1. The van der Waals surface area contributed by atoms with Crippen LogP contribution in [0.1, 0.15) is 27.2 Å². The number of hydrogen-bond acceptors (Lipinski definition) is 4. The molecule has 5 heteroatoms. The van der Waals surface area contributed by atoms with Gasteiger partial charge in [-0.1, -0.05) is 24.0 Å². The first kappa shape index (κ1) is 14.3. The molecule has 0 unspecified atom stereocenters. The van der Waals surface area contributed by atoms with Gasteiger partial charge in [-0.25, -0.2) is 0 Å². The number of thiazole rings is 1. The van der Waals surface area contributed by atoms with Crippen LogP contribution in [-0.4, -0.2) is 22.6 Å². The first-order valence-electron chi connectivity index (χ1n) is 6.15. The Morgan fingerprint density at radius 1 is 1.40 bits per heavy atom. The number of aliphatic hydroxyl groups excluding tert-OH is 1. The maximum Gasteiger partial charge on any atom is 0.252 e. The normalized spacial score (nSPS) is 9.65. The van der Waals surface area contributed by atoms with Crippen LogP contribution >= 0.6 is 11.3 Å². The van der Waals surface area contributed by atoms with Gasteiger partial charge in [0.2, 0.25) is 0 Å². The Morgan fingerprint density at radius 3 is 3.00 bits per heavy atom. The van der Waals surface area contributed by atoms with E-state index in [2.05, 4.69) is 22.1 Å². The molecule has 2 rings (SSSR count). The number of aromatic nitrogens is 1. The number of benzene rings is 1. The topological polar surface area (TPSA) is 62.2 Å². The summed E-state index contributed by atoms with van der Waals surface area (Å²) in [4.78, 5) is 17.1. The lowest BCUT2D eigenvalue weighted by Gasteiger charge is -2.05. The fourth-order valence-corrected chi connectivity index (χ4v) is 2.13. The van der Waals surface area contributed by atoms with Gasteiger partial charge in [0, 0.05) is 23.1 Å². The van der Waals surface area contributed by atoms with Crippen molar-refractivity contribution in [1.82, 2.24) is 10.3 Å². The van der Waals surface area contributed by atoms with Gasteiger partial charge in [-0.3, -0.25) is 9.78 Å². The molecule has 2 aromatic rings. The van der Waals surface area contributed by atoms with Gasteiger partial charge in [0.1, 0.15) is 0 Å². The molecule has 1 heterocycles. The SMILES string of the molecule is O=C(NCc1cncs1)c1ccccc1C#CCCO. The number of amides is 1. The van der Waals surface area contributed by atoms with Crippen molar-refractivity contribution < 1.29 is 9.90 Å². The van der Waals surface area contributed by atoms with E-state index < -0.39 is 0 Å². The summed E-state index contributed by atoms with van der Waals surface area (Å²) in [6.07, 6.45) is 2.13. The highest BCUT2D eigenvalue weighted by Crippen LogP contribution is 2.09. The van der Waals surface area contributed by atoms with Gasteiger partial charge < -0.3 is 10.4 Å². The van der Waals surface area contributed by atoms with Crippen molar-refractivity contribution in [2.75, 3.05) is 6.61 Å². The Balaban J connectivity index is 2.07. The first-order valence-corrected chi connectivity index (χ1v) is 7.03. The summed E-state index contributed by atoms with van der Waals surface area (Å²) >= 11 is 1.50. The molecule has 102 valence electrons. The van der Waals surface area contributed by atoms with Crippen LogP contribution in [0.2, 0.25) is 0 Å². The van der Waals surface area contributed by atoms with Crippen LogP contribution in [0.5, 0.6) is 0 Å². The molecule has 1 aromatic heterocycles. The smallest absolute Gasteiger partial charge is 0.252 e. The average molecular weight is 286 g/mol. The number of hydrogen-bond donors (Lipinski definition) is 2. The third-order valence-electron chi connectivity index (χ3n) is 2.54. The lowest BCUT2D eigenvalue weighted by Crippen LogP contribution is -2.23. The van der Waals surface area contributed by atoms with Crippen LogP contribution in [0.3, 0.4) is 0 Å². The zero-order valence-electron chi connectivity index (χ0n) is 10.8. The van der Waals surface area contributed by atoms with E-state index in [9.17, 15) is 4.79 Å². The van der Waals surface area contributed by atoms with E-state index in [1.165, 1.54) is 11.3 Å². The molecule has 1 aromatic carbocycles. The summed E-state index contributed by atoms with van der Waals surface area (Å²) in [5.41, 5.74) is 2.95. The Morgan fingerprint density at radius 2 is 2.25 bits per heavy atom. The minimum atomic E-state index is -0.160. The zero-order valence-corrected chi connectivity index (χ0v) is 11.6. The standard InChI is InChI=1S/C15H14N2O2S/c18-8-4-3-6-12-5-1-2-7-14(12)15(19)17-10-13-9-16-11-20-13/h1-2,5,7,9,11,18H,4,8,10H2,(H,17,19). The van der Waals surface area contributed by atoms with E-state index in [4.69, 9.17) is 5.11 Å². The minimum Gasteiger partial charge on any atom is -0.395 e. The third kappa shape index (κ3) is 3.92. The molecule has 2 N–H and O–H groups in total. The highest BCUT2D eigenvalue weighted by atomic mass is 32.1. The van der Waals surface area contributed by atoms with E-state index in [-0.39, 0.29) is 12.5 Å². The second-order valence-corrected chi connectivity index (χ2v) is 4.94. The molecular weight excluding hydrogens is 272 g/mol. The summed E-state index contributed by atoms with van der Waals surface area (Å²) in [7, 11) is 0. The molecule has 0 radical (unpaired) electrons. The maximum absolute atomic E-state index is 12.1. The lowest BCUT2D eigenvalue weighted by atomic mass is 10.1. The maximum atomic E-state index is 12.1. The highest BCUT2D eigenvalue weighted by Gasteiger charge is 2.09. The molecule has 4 nitrogen and oxygen atoms in total. The molecule has 0 spiro atoms. The van der Waals surface area contributed by atoms with Gasteiger partial charge in [-0.2, -0.15) is 0 Å². The molecule has 0 aliphatic carbocycles. The van der Waals surface area contributed by atoms with Gasteiger partial charge in [0.05, 0.1) is 24.2 Å². The third-order valence-corrected chi connectivity index (χ3v) is 3.32. The van der Waals surface area contributed by atoms with Crippen molar-refractivity contribution in [1.29, 1.82) is 0 Å². The Kier molecular flexibility index (Phi) is 5.30. The van der Waals surface area contributed by atoms with Crippen LogP contribution in [0.15, 0.2) is 36.0 Å². The summed E-state index contributed by atoms with van der Waals surface area (Å²) in [6, 6.07) is 7.18. The molecule has 1 amide bonds. The van der Waals surface area contributed by atoms with Crippen molar-refractivity contribution in [2.24, 2.45) is 0 Å². The van der Waals surface area contributed by atoms with Crippen LogP contribution in [0.4, 0.5) is 0 Å². The average Bonchev–Trinajstić information content (AvgIpc) is 2.99. The fourth-order valence-electron chi connectivity index (χ4n) is 1.60. The van der Waals surface area contributed by atoms with E-state index in [1.54, 1.807) is 29.9 Å². The summed E-state index contributed by atoms with van der Waals surface area (Å²) in [5, 5.41) is 11.6. The predicted octanol–water partition coefficient (Wildman–Crippen LogP) is 1.81. The monoisotopic (exact) mass is 286 g/mol. The van der Waals surface area contributed by atoms with Gasteiger partial charge in [0.25, 0.3) is 5.91 Å². The Labute approximate surface area is 121 Å². The van der Waals surface area contributed by atoms with Crippen molar-refractivity contribution in [2.45, 2.75) is 13.0 Å². The quantitative estimate of drug-likeness (QED) is 0.843. The number of carbonyl (C=O) groups is 1. The molecule has 0 saturated heterocycles. The second kappa shape index (κ2) is 7.43. The first-order chi connectivity index (χ1) is 9.81. The Bertz CT molecular complexity index is 627. The van der Waals surface area contributed by atoms with Crippen molar-refractivity contribution in [3.05, 3.63) is 52.0 Å². The molecule has 0 atom stereocenters. The lowest BCUT2D eigenvalue weighted by molar-refractivity contribution is 0.0951. The van der Waals surface area contributed by atoms with Crippen molar-refractivity contribution >= 4 is 17.2 Å². The van der Waals surface area contributed by atoms with Gasteiger partial charge in [0.15, 0.2) is 0 Å². The summed E-state index contributed by atoms with van der Waals surface area (Å²) in [6.45, 7) is 0.481. The highest BCUT2D eigenvalue weighted by molar-refractivity contribution is 7.09. The van der Waals surface area contributed by atoms with Crippen LogP contribution in [-0.2, 0) is 6.54 Å². The zero-order chi connectivity index (χ0) is 14.2. The van der Waals surface area contributed by atoms with Crippen molar-refractivity contribution in [3.63, 3.8) is 0 Å². The molecule has 0 bridgehead atoms. The number of nitrogens with zero attached hydrogens (tertiary/aromatic N) is 1. The largest absolute Gasteiger partial charge is 0.395 e. The molecule has 0 saturated carbocycles. The molecular formula is C15H14N2O2S. The second-order valence-electron chi connectivity index (χ2n) is 3.97. The number of rotatable bonds is 4. The molecule has 0 aliphatic rings. The van der Waals surface area contributed by atoms with Crippen LogP contribution < -0.4 is 5.32 Å². The molecule has 0 aliphatic heterocycles. The van der Waals surface area contributed by atoms with E-state index in [0.717, 1.165) is 4.88 Å². The minimum absolute atomic E-state index is 0.0206. The van der Waals surface area contributed by atoms with E-state index >= 15 is 0 Å². The number of aliphatic hydroxyl groups is 1. The molecule has 20 heavy (non-hydrogen) atoms. The van der Waals surface area contributed by atoms with Crippen LogP contribution in [0, 0.1) is 11.8 Å². The Hall–Kier alpha value is -2.16. The van der Waals surface area contributed by atoms with E-state index in [1.807, 2.05) is 6.07 Å². The van der Waals surface area contributed by atoms with Crippen LogP contribution in [0.25, 0.3) is 0 Å². The summed E-state index contributed by atoms with van der Waals surface area (Å²) in [5.74, 6) is 5.58. The summed E-state index contributed by atoms with van der Waals surface area (Å²) < 4.78 is 0. The van der Waals surface area contributed by atoms with E-state index in [0.29, 0.717) is 24.1 Å². The van der Waals surface area contributed by atoms with Gasteiger partial charge in [-0.15, -0.1) is 11.3 Å². The predicted molar refractivity (Wildman–Crippen MR) is 78.3 cm³/mol. The van der Waals surface area contributed by atoms with Gasteiger partial charge in [-0.05, 0) is 12.1 Å². The number of carbonyl (C=O) groups excluding carboxylic acids is 1.